The fraction of sp³-hybridized carbons (Fsp3) is 0.344. The molecule has 5 aromatic rings. The highest BCUT2D eigenvalue weighted by molar-refractivity contribution is 5.87. The van der Waals surface area contributed by atoms with E-state index in [1.165, 1.54) is 0 Å². The molecule has 1 amide bonds. The lowest BCUT2D eigenvalue weighted by molar-refractivity contribution is 0.0204. The number of likely N-dealkylation sites (tertiary alicyclic amines) is 1. The molecule has 2 aromatic carbocycles. The van der Waals surface area contributed by atoms with E-state index >= 15 is 0 Å². The number of anilines is 2. The molecule has 1 N–H and O–H groups in total. The third-order valence-electron chi connectivity index (χ3n) is 7.43. The Morgan fingerprint density at radius 3 is 2.55 bits per heavy atom. The van der Waals surface area contributed by atoms with Gasteiger partial charge in [0, 0.05) is 43.5 Å². The second kappa shape index (κ2) is 10.9. The molecule has 0 aliphatic carbocycles. The Balaban J connectivity index is 1.16. The third kappa shape index (κ3) is 5.83. The molecule has 42 heavy (non-hydrogen) atoms. The average Bonchev–Trinajstić information content (AvgIpc) is 3.33. The van der Waals surface area contributed by atoms with E-state index in [0.717, 1.165) is 57.8 Å². The largest absolute Gasteiger partial charge is 0.457 e. The molecule has 0 spiro atoms. The number of benzene rings is 2. The zero-order valence-corrected chi connectivity index (χ0v) is 24.6. The van der Waals surface area contributed by atoms with Crippen molar-refractivity contribution in [2.24, 2.45) is 7.05 Å². The van der Waals surface area contributed by atoms with Crippen LogP contribution in [0.4, 0.5) is 16.3 Å². The molecule has 0 radical (unpaired) electrons. The number of fused-ring (bicyclic) bond motifs is 2. The highest BCUT2D eigenvalue weighted by Crippen LogP contribution is 2.32. The maximum Gasteiger partial charge on any atom is 0.410 e. The number of hydrogen-bond donors (Lipinski definition) is 1. The first-order valence-electron chi connectivity index (χ1n) is 14.2. The summed E-state index contributed by atoms with van der Waals surface area (Å²) >= 11 is 0. The van der Waals surface area contributed by atoms with Gasteiger partial charge in [-0.05, 0) is 88.6 Å². The maximum absolute atomic E-state index is 12.5. The normalized spacial score (nSPS) is 14.4. The molecule has 10 nitrogen and oxygen atoms in total. The van der Waals surface area contributed by atoms with Crippen LogP contribution in [0.25, 0.3) is 22.1 Å². The molecule has 0 unspecified atom stereocenters. The van der Waals surface area contributed by atoms with Gasteiger partial charge in [0.2, 0.25) is 0 Å². The highest BCUT2D eigenvalue weighted by atomic mass is 16.6. The summed E-state index contributed by atoms with van der Waals surface area (Å²) in [5.41, 5.74) is 5.76. The smallest absolute Gasteiger partial charge is 0.410 e. The molecule has 1 aliphatic rings. The van der Waals surface area contributed by atoms with E-state index in [-0.39, 0.29) is 12.0 Å². The molecule has 0 atom stereocenters. The van der Waals surface area contributed by atoms with E-state index in [0.29, 0.717) is 24.4 Å². The second-order valence-corrected chi connectivity index (χ2v) is 11.8. The molecule has 6 rings (SSSR count). The highest BCUT2D eigenvalue weighted by Gasteiger charge is 2.28. The molecule has 0 bridgehead atoms. The van der Waals surface area contributed by atoms with Crippen LogP contribution in [-0.2, 0) is 11.8 Å². The quantitative estimate of drug-likeness (QED) is 0.246. The van der Waals surface area contributed by atoms with Gasteiger partial charge in [-0.15, -0.1) is 0 Å². The molecular weight excluding hydrogens is 530 g/mol. The summed E-state index contributed by atoms with van der Waals surface area (Å²) in [4.78, 5) is 32.6. The van der Waals surface area contributed by atoms with Crippen molar-refractivity contribution in [2.75, 3.05) is 18.4 Å². The summed E-state index contributed by atoms with van der Waals surface area (Å²) in [6, 6.07) is 15.9. The van der Waals surface area contributed by atoms with Crippen molar-refractivity contribution in [3.63, 3.8) is 0 Å². The number of carbonyl (C=O) groups excluding carboxylic acids is 1. The fourth-order valence-corrected chi connectivity index (χ4v) is 5.24. The van der Waals surface area contributed by atoms with Gasteiger partial charge in [0.15, 0.2) is 5.82 Å². The maximum atomic E-state index is 12.5. The predicted octanol–water partition coefficient (Wildman–Crippen LogP) is 6.87. The van der Waals surface area contributed by atoms with E-state index in [1.807, 2.05) is 87.8 Å². The number of nitrogens with zero attached hydrogens (tertiary/aromatic N) is 6. The minimum absolute atomic E-state index is 0.241. The molecule has 1 aliphatic heterocycles. The molecule has 1 saturated heterocycles. The van der Waals surface area contributed by atoms with Crippen molar-refractivity contribution in [3.05, 3.63) is 72.4 Å². The Morgan fingerprint density at radius 2 is 1.79 bits per heavy atom. The van der Waals surface area contributed by atoms with E-state index in [1.54, 1.807) is 17.6 Å². The number of rotatable bonds is 5. The number of amides is 1. The topological polar surface area (TPSA) is 107 Å². The first-order valence-corrected chi connectivity index (χ1v) is 14.2. The fourth-order valence-electron chi connectivity index (χ4n) is 5.24. The predicted molar refractivity (Wildman–Crippen MR) is 162 cm³/mol. The number of imidazole rings is 1. The molecule has 216 valence electrons. The van der Waals surface area contributed by atoms with Crippen LogP contribution in [0, 0.1) is 6.92 Å². The summed E-state index contributed by atoms with van der Waals surface area (Å²) in [6.07, 6.45) is 4.73. The minimum atomic E-state index is -0.502. The summed E-state index contributed by atoms with van der Waals surface area (Å²) in [5, 5.41) is 3.43. The monoisotopic (exact) mass is 565 g/mol. The number of pyridine rings is 1. The number of aryl methyl sites for hydroxylation is 2. The van der Waals surface area contributed by atoms with E-state index < -0.39 is 5.60 Å². The number of piperidine rings is 1. The summed E-state index contributed by atoms with van der Waals surface area (Å²) in [6.45, 7) is 8.95. The van der Waals surface area contributed by atoms with Crippen molar-refractivity contribution >= 4 is 39.7 Å². The number of carbonyl (C=O) groups is 1. The zero-order valence-electron chi connectivity index (χ0n) is 24.6. The van der Waals surface area contributed by atoms with Crippen LogP contribution in [0.1, 0.15) is 50.8 Å². The third-order valence-corrected chi connectivity index (χ3v) is 7.43. The Kier molecular flexibility index (Phi) is 7.14. The van der Waals surface area contributed by atoms with Crippen molar-refractivity contribution < 1.29 is 14.3 Å². The summed E-state index contributed by atoms with van der Waals surface area (Å²) in [5.74, 6) is 2.38. The second-order valence-electron chi connectivity index (χ2n) is 11.8. The molecule has 1 fully saturated rings. The van der Waals surface area contributed by atoms with E-state index in [2.05, 4.69) is 20.3 Å². The van der Waals surface area contributed by atoms with E-state index in [9.17, 15) is 4.79 Å². The lowest BCUT2D eigenvalue weighted by atomic mass is 9.93. The van der Waals surface area contributed by atoms with Gasteiger partial charge < -0.3 is 24.3 Å². The Labute approximate surface area is 244 Å². The van der Waals surface area contributed by atoms with Crippen LogP contribution < -0.4 is 10.1 Å². The average molecular weight is 566 g/mol. The number of ether oxygens (including phenoxy) is 2. The van der Waals surface area contributed by atoms with Gasteiger partial charge in [0.05, 0.1) is 22.9 Å². The Morgan fingerprint density at radius 1 is 0.976 bits per heavy atom. The Hall–Kier alpha value is -4.73. The van der Waals surface area contributed by atoms with Crippen molar-refractivity contribution in [1.82, 2.24) is 29.4 Å². The van der Waals surface area contributed by atoms with Gasteiger partial charge in [-0.25, -0.2) is 24.7 Å². The van der Waals surface area contributed by atoms with Gasteiger partial charge in [-0.1, -0.05) is 0 Å². The van der Waals surface area contributed by atoms with Gasteiger partial charge >= 0.3 is 6.09 Å². The van der Waals surface area contributed by atoms with Crippen LogP contribution in [-0.4, -0.2) is 54.2 Å². The SMILES string of the molecule is Cc1cc(Nc2ncnc3ccc(C4CCN(C(=O)OC(C)(C)C)CC4)nc23)ccc1Oc1ccc2c(c1)ncn2C. The zero-order chi connectivity index (χ0) is 29.4. The van der Waals surface area contributed by atoms with Crippen LogP contribution >= 0.6 is 0 Å². The van der Waals surface area contributed by atoms with Gasteiger partial charge in [0.25, 0.3) is 0 Å². The molecule has 3 aromatic heterocycles. The number of aromatic nitrogens is 5. The molecule has 0 saturated carbocycles. The van der Waals surface area contributed by atoms with E-state index in [4.69, 9.17) is 14.5 Å². The standard InChI is InChI=1S/C32H35N7O3/c1-20-16-22(6-11-28(20)41-23-7-10-27-26(17-23)35-19-38(27)5)36-30-29-25(33-18-34-30)9-8-24(37-29)21-12-14-39(15-13-21)31(40)42-32(2,3)4/h6-11,16-19,21H,12-15H2,1-5H3,(H,33,34,36). The van der Waals surface area contributed by atoms with Crippen LogP contribution in [0.3, 0.4) is 0 Å². The first-order chi connectivity index (χ1) is 20.1. The summed E-state index contributed by atoms with van der Waals surface area (Å²) in [7, 11) is 1.97. The Bertz CT molecular complexity index is 1770. The lowest BCUT2D eigenvalue weighted by Gasteiger charge is -2.33. The molecular formula is C32H35N7O3. The van der Waals surface area contributed by atoms with Crippen LogP contribution in [0.15, 0.2) is 61.2 Å². The number of nitrogens with one attached hydrogen (secondary N) is 1. The van der Waals surface area contributed by atoms with Gasteiger partial charge in [-0.3, -0.25) is 0 Å². The van der Waals surface area contributed by atoms with Crippen molar-refractivity contribution in [2.45, 2.75) is 52.1 Å². The minimum Gasteiger partial charge on any atom is -0.457 e. The van der Waals surface area contributed by atoms with Gasteiger partial charge in [0.1, 0.15) is 28.9 Å². The molecule has 4 heterocycles. The molecule has 10 heteroatoms. The van der Waals surface area contributed by atoms with Crippen LogP contribution in [0.5, 0.6) is 11.5 Å². The van der Waals surface area contributed by atoms with Crippen molar-refractivity contribution in [1.29, 1.82) is 0 Å². The summed E-state index contributed by atoms with van der Waals surface area (Å²) < 4.78 is 13.7. The lowest BCUT2D eigenvalue weighted by Crippen LogP contribution is -2.41. The van der Waals surface area contributed by atoms with Crippen LogP contribution in [0.2, 0.25) is 0 Å². The van der Waals surface area contributed by atoms with Gasteiger partial charge in [-0.2, -0.15) is 0 Å². The number of hydrogen-bond acceptors (Lipinski definition) is 8. The first kappa shape index (κ1) is 27.4. The van der Waals surface area contributed by atoms with Crippen molar-refractivity contribution in [3.8, 4) is 11.5 Å².